The summed E-state index contributed by atoms with van der Waals surface area (Å²) >= 11 is 6.30. The first kappa shape index (κ1) is 22.2. The molecule has 0 fully saturated rings. The third kappa shape index (κ3) is 4.30. The second kappa shape index (κ2) is 8.83. The van der Waals surface area contributed by atoms with E-state index in [9.17, 15) is 9.59 Å². The third-order valence-electron chi connectivity index (χ3n) is 5.93. The van der Waals surface area contributed by atoms with E-state index in [1.807, 2.05) is 62.1 Å². The molecule has 1 unspecified atom stereocenters. The molecule has 0 bridgehead atoms. The lowest BCUT2D eigenvalue weighted by Crippen LogP contribution is -2.53. The van der Waals surface area contributed by atoms with Gasteiger partial charge in [-0.15, -0.1) is 0 Å². The second-order valence-electron chi connectivity index (χ2n) is 9.07. The van der Waals surface area contributed by atoms with Gasteiger partial charge in [0.15, 0.2) is 0 Å². The maximum atomic E-state index is 13.7. The van der Waals surface area contributed by atoms with Crippen LogP contribution in [0.3, 0.4) is 0 Å². The zero-order valence-corrected chi connectivity index (χ0v) is 19.4. The molecule has 1 aromatic heterocycles. The summed E-state index contributed by atoms with van der Waals surface area (Å²) in [5.74, 6) is -0.324. The van der Waals surface area contributed by atoms with E-state index in [-0.39, 0.29) is 24.4 Å². The first-order chi connectivity index (χ1) is 15.3. The minimum absolute atomic E-state index is 0.0163. The molecule has 166 valence electrons. The fourth-order valence-electron chi connectivity index (χ4n) is 4.26. The van der Waals surface area contributed by atoms with E-state index < -0.39 is 5.54 Å². The quantitative estimate of drug-likeness (QED) is 0.561. The number of amides is 2. The maximum Gasteiger partial charge on any atom is 0.256 e. The SMILES string of the molecule is CC(C)(C)N(CC(=O)N1CCn2cccc2C1c1ccccc1)C(=O)c1ccccc1Cl. The van der Waals surface area contributed by atoms with Gasteiger partial charge >= 0.3 is 0 Å². The number of carbonyl (C=O) groups excluding carboxylic acids is 2. The van der Waals surface area contributed by atoms with E-state index in [0.717, 1.165) is 17.8 Å². The summed E-state index contributed by atoms with van der Waals surface area (Å²) in [6.07, 6.45) is 2.05. The fraction of sp³-hybridized carbons (Fsp3) is 0.308. The predicted molar refractivity (Wildman–Crippen MR) is 127 cm³/mol. The number of nitrogens with zero attached hydrogens (tertiary/aromatic N) is 3. The Morgan fingerprint density at radius 2 is 1.66 bits per heavy atom. The monoisotopic (exact) mass is 449 g/mol. The number of fused-ring (bicyclic) bond motifs is 1. The van der Waals surface area contributed by atoms with Crippen LogP contribution in [0.1, 0.15) is 48.4 Å². The van der Waals surface area contributed by atoms with Crippen LogP contribution in [0.4, 0.5) is 0 Å². The summed E-state index contributed by atoms with van der Waals surface area (Å²) < 4.78 is 2.19. The Bertz CT molecular complexity index is 1120. The van der Waals surface area contributed by atoms with Gasteiger partial charge in [-0.1, -0.05) is 54.1 Å². The minimum Gasteiger partial charge on any atom is -0.348 e. The van der Waals surface area contributed by atoms with Gasteiger partial charge in [0.25, 0.3) is 5.91 Å². The Hall–Kier alpha value is -3.05. The zero-order valence-electron chi connectivity index (χ0n) is 18.7. The lowest BCUT2D eigenvalue weighted by Gasteiger charge is -2.41. The van der Waals surface area contributed by atoms with Crippen LogP contribution < -0.4 is 0 Å². The Morgan fingerprint density at radius 3 is 2.34 bits per heavy atom. The molecule has 3 aromatic rings. The molecule has 6 heteroatoms. The number of hydrogen-bond acceptors (Lipinski definition) is 2. The van der Waals surface area contributed by atoms with E-state index in [1.165, 1.54) is 0 Å². The first-order valence-corrected chi connectivity index (χ1v) is 11.2. The summed E-state index contributed by atoms with van der Waals surface area (Å²) in [5.41, 5.74) is 1.99. The molecule has 2 aromatic carbocycles. The summed E-state index contributed by atoms with van der Waals surface area (Å²) in [7, 11) is 0. The lowest BCUT2D eigenvalue weighted by molar-refractivity contribution is -0.135. The van der Waals surface area contributed by atoms with Crippen LogP contribution in [0.25, 0.3) is 0 Å². The molecular formula is C26H28ClN3O2. The highest BCUT2D eigenvalue weighted by Crippen LogP contribution is 2.33. The molecule has 5 nitrogen and oxygen atoms in total. The summed E-state index contributed by atoms with van der Waals surface area (Å²) in [6.45, 7) is 7.10. The highest BCUT2D eigenvalue weighted by atomic mass is 35.5. The average Bonchev–Trinajstić information content (AvgIpc) is 3.25. The standard InChI is InChI=1S/C26H28ClN3O2/c1-26(2,3)30(25(32)20-12-7-8-13-21(20)27)18-23(31)29-17-16-28-15-9-14-22(28)24(29)19-10-5-4-6-11-19/h4-15,24H,16-18H2,1-3H3. The van der Waals surface area contributed by atoms with E-state index in [0.29, 0.717) is 17.1 Å². The third-order valence-corrected chi connectivity index (χ3v) is 6.26. The normalized spacial score (nSPS) is 15.9. The van der Waals surface area contributed by atoms with E-state index >= 15 is 0 Å². The summed E-state index contributed by atoms with van der Waals surface area (Å²) in [5, 5.41) is 0.386. The van der Waals surface area contributed by atoms with Crippen molar-refractivity contribution in [3.8, 4) is 0 Å². The Morgan fingerprint density at radius 1 is 0.969 bits per heavy atom. The van der Waals surface area contributed by atoms with Crippen LogP contribution >= 0.6 is 11.6 Å². The smallest absolute Gasteiger partial charge is 0.256 e. The van der Waals surface area contributed by atoms with Crippen molar-refractivity contribution >= 4 is 23.4 Å². The van der Waals surface area contributed by atoms with Crippen molar-refractivity contribution in [1.29, 1.82) is 0 Å². The van der Waals surface area contributed by atoms with Crippen LogP contribution in [-0.4, -0.2) is 44.8 Å². The van der Waals surface area contributed by atoms with Crippen LogP contribution in [0.15, 0.2) is 72.9 Å². The number of hydrogen-bond donors (Lipinski definition) is 0. The fourth-order valence-corrected chi connectivity index (χ4v) is 4.47. The van der Waals surface area contributed by atoms with Gasteiger partial charge in [-0.05, 0) is 50.6 Å². The van der Waals surface area contributed by atoms with Gasteiger partial charge in [-0.3, -0.25) is 9.59 Å². The summed E-state index contributed by atoms with van der Waals surface area (Å²) in [6, 6.07) is 20.9. The molecule has 0 saturated carbocycles. The van der Waals surface area contributed by atoms with Gasteiger partial charge in [0, 0.05) is 30.5 Å². The number of halogens is 1. The lowest BCUT2D eigenvalue weighted by atomic mass is 9.99. The molecule has 1 aliphatic heterocycles. The number of rotatable bonds is 4. The van der Waals surface area contributed by atoms with Crippen LogP contribution in [0.5, 0.6) is 0 Å². The minimum atomic E-state index is -0.551. The number of carbonyl (C=O) groups is 2. The topological polar surface area (TPSA) is 45.6 Å². The van der Waals surface area contributed by atoms with Crippen LogP contribution in [-0.2, 0) is 11.3 Å². The van der Waals surface area contributed by atoms with Crippen molar-refractivity contribution in [2.45, 2.75) is 38.9 Å². The molecule has 1 aliphatic rings. The molecule has 0 saturated heterocycles. The Kier molecular flexibility index (Phi) is 6.11. The van der Waals surface area contributed by atoms with Gasteiger partial charge in [-0.25, -0.2) is 0 Å². The largest absolute Gasteiger partial charge is 0.348 e. The Labute approximate surface area is 194 Å². The van der Waals surface area contributed by atoms with Crippen molar-refractivity contribution in [3.05, 3.63) is 94.8 Å². The molecule has 0 radical (unpaired) electrons. The van der Waals surface area contributed by atoms with Gasteiger partial charge in [0.1, 0.15) is 6.54 Å². The zero-order chi connectivity index (χ0) is 22.9. The highest BCUT2D eigenvalue weighted by molar-refractivity contribution is 6.33. The molecule has 1 atom stereocenters. The van der Waals surface area contributed by atoms with Gasteiger partial charge in [0.05, 0.1) is 16.6 Å². The highest BCUT2D eigenvalue weighted by Gasteiger charge is 2.36. The number of aromatic nitrogens is 1. The van der Waals surface area contributed by atoms with Crippen molar-refractivity contribution in [2.75, 3.05) is 13.1 Å². The molecule has 0 spiro atoms. The molecule has 32 heavy (non-hydrogen) atoms. The molecule has 2 heterocycles. The van der Waals surface area contributed by atoms with E-state index in [2.05, 4.69) is 16.8 Å². The molecule has 4 rings (SSSR count). The number of benzene rings is 2. The van der Waals surface area contributed by atoms with Crippen molar-refractivity contribution in [2.24, 2.45) is 0 Å². The first-order valence-electron chi connectivity index (χ1n) is 10.8. The second-order valence-corrected chi connectivity index (χ2v) is 9.48. The molecule has 2 amide bonds. The van der Waals surface area contributed by atoms with Gasteiger partial charge in [-0.2, -0.15) is 0 Å². The van der Waals surface area contributed by atoms with Crippen molar-refractivity contribution in [3.63, 3.8) is 0 Å². The maximum absolute atomic E-state index is 13.7. The van der Waals surface area contributed by atoms with Crippen molar-refractivity contribution < 1.29 is 9.59 Å². The van der Waals surface area contributed by atoms with E-state index in [1.54, 1.807) is 29.2 Å². The summed E-state index contributed by atoms with van der Waals surface area (Å²) in [4.78, 5) is 30.6. The average molecular weight is 450 g/mol. The van der Waals surface area contributed by atoms with Gasteiger partial charge < -0.3 is 14.4 Å². The predicted octanol–water partition coefficient (Wildman–Crippen LogP) is 5.01. The molecule has 0 aliphatic carbocycles. The molecule has 0 N–H and O–H groups in total. The van der Waals surface area contributed by atoms with Crippen molar-refractivity contribution in [1.82, 2.24) is 14.4 Å². The Balaban J connectivity index is 1.66. The van der Waals surface area contributed by atoms with E-state index in [4.69, 9.17) is 11.6 Å². The van der Waals surface area contributed by atoms with Gasteiger partial charge in [0.2, 0.25) is 5.91 Å². The van der Waals surface area contributed by atoms with Crippen LogP contribution in [0.2, 0.25) is 5.02 Å². The van der Waals surface area contributed by atoms with Crippen LogP contribution in [0, 0.1) is 0 Å². The molecular weight excluding hydrogens is 422 g/mol.